The summed E-state index contributed by atoms with van der Waals surface area (Å²) >= 11 is 3.18. The van der Waals surface area contributed by atoms with E-state index < -0.39 is 6.10 Å². The quantitative estimate of drug-likeness (QED) is 0.768. The largest absolute Gasteiger partial charge is 0.387 e. The first-order chi connectivity index (χ1) is 9.66. The molecule has 108 valence electrons. The van der Waals surface area contributed by atoms with E-state index >= 15 is 0 Å². The Morgan fingerprint density at radius 1 is 1.15 bits per heavy atom. The van der Waals surface area contributed by atoms with Gasteiger partial charge in [0.15, 0.2) is 0 Å². The van der Waals surface area contributed by atoms with Gasteiger partial charge < -0.3 is 15.7 Å². The highest BCUT2D eigenvalue weighted by Gasteiger charge is 2.11. The fraction of sp³-hybridized carbons (Fsp3) is 0.357. The molecule has 0 aliphatic rings. The van der Waals surface area contributed by atoms with E-state index in [-0.39, 0.29) is 18.5 Å². The average molecular weight is 310 g/mol. The Bertz CT molecular complexity index is 465. The van der Waals surface area contributed by atoms with Gasteiger partial charge in [-0.25, -0.2) is 4.79 Å². The number of hydrogen-bond donors (Lipinski definition) is 3. The maximum Gasteiger partial charge on any atom is 0.314 e. The van der Waals surface area contributed by atoms with Gasteiger partial charge in [0.05, 0.1) is 6.10 Å². The number of carbonyl (C=O) groups excluding carboxylic acids is 1. The Labute approximate surface area is 126 Å². The van der Waals surface area contributed by atoms with Crippen molar-refractivity contribution in [3.63, 3.8) is 0 Å². The topological polar surface area (TPSA) is 61.4 Å². The summed E-state index contributed by atoms with van der Waals surface area (Å²) in [7, 11) is 0. The Morgan fingerprint density at radius 2 is 1.75 bits per heavy atom. The fourth-order valence-electron chi connectivity index (χ4n) is 1.75. The molecular formula is C14H18N2O2S2. The van der Waals surface area contributed by atoms with Crippen LogP contribution in [0.4, 0.5) is 4.79 Å². The van der Waals surface area contributed by atoms with Crippen molar-refractivity contribution in [2.45, 2.75) is 18.9 Å². The van der Waals surface area contributed by atoms with E-state index in [1.165, 1.54) is 16.9 Å². The normalized spacial score (nSPS) is 13.7. The molecule has 2 unspecified atom stereocenters. The summed E-state index contributed by atoms with van der Waals surface area (Å²) < 4.78 is 0. The van der Waals surface area contributed by atoms with Crippen LogP contribution in [0, 0.1) is 0 Å². The van der Waals surface area contributed by atoms with Crippen molar-refractivity contribution in [3.8, 4) is 0 Å². The van der Waals surface area contributed by atoms with Crippen LogP contribution in [0.3, 0.4) is 0 Å². The molecule has 4 nitrogen and oxygen atoms in total. The molecule has 6 heteroatoms. The molecule has 0 aliphatic heterocycles. The standard InChI is InChI=1S/C14H18N2O2S2/c1-10(11-2-4-19-8-11)6-15-14(18)16-7-13(17)12-3-5-20-9-12/h2-5,8-10,13,17H,6-7H2,1H3,(H2,15,16,18). The van der Waals surface area contributed by atoms with Crippen LogP contribution in [0.2, 0.25) is 0 Å². The third-order valence-electron chi connectivity index (χ3n) is 3.06. The van der Waals surface area contributed by atoms with Crippen molar-refractivity contribution < 1.29 is 9.90 Å². The molecule has 2 heterocycles. The fourth-order valence-corrected chi connectivity index (χ4v) is 3.24. The van der Waals surface area contributed by atoms with Gasteiger partial charge in [0.1, 0.15) is 0 Å². The second-order valence-electron chi connectivity index (χ2n) is 4.62. The second kappa shape index (κ2) is 7.42. The highest BCUT2D eigenvalue weighted by molar-refractivity contribution is 7.08. The highest BCUT2D eigenvalue weighted by Crippen LogP contribution is 2.17. The van der Waals surface area contributed by atoms with Crippen LogP contribution in [-0.2, 0) is 0 Å². The number of hydrogen-bond acceptors (Lipinski definition) is 4. The molecule has 0 fully saturated rings. The van der Waals surface area contributed by atoms with Crippen molar-refractivity contribution in [1.82, 2.24) is 10.6 Å². The van der Waals surface area contributed by atoms with Crippen molar-refractivity contribution in [1.29, 1.82) is 0 Å². The Balaban J connectivity index is 1.68. The number of aliphatic hydroxyl groups is 1. The molecule has 0 aromatic carbocycles. The van der Waals surface area contributed by atoms with Gasteiger partial charge in [-0.05, 0) is 50.7 Å². The molecule has 2 aromatic rings. The lowest BCUT2D eigenvalue weighted by atomic mass is 10.1. The van der Waals surface area contributed by atoms with Crippen molar-refractivity contribution in [2.75, 3.05) is 13.1 Å². The molecule has 0 bridgehead atoms. The van der Waals surface area contributed by atoms with Crippen molar-refractivity contribution in [2.24, 2.45) is 0 Å². The van der Waals surface area contributed by atoms with Crippen LogP contribution >= 0.6 is 22.7 Å². The van der Waals surface area contributed by atoms with Gasteiger partial charge in [-0.1, -0.05) is 6.92 Å². The molecule has 0 spiro atoms. The van der Waals surface area contributed by atoms with Gasteiger partial charge in [-0.15, -0.1) is 0 Å². The number of nitrogens with one attached hydrogen (secondary N) is 2. The van der Waals surface area contributed by atoms with Crippen LogP contribution in [0.25, 0.3) is 0 Å². The highest BCUT2D eigenvalue weighted by atomic mass is 32.1. The number of rotatable bonds is 6. The smallest absolute Gasteiger partial charge is 0.314 e. The number of urea groups is 1. The predicted molar refractivity (Wildman–Crippen MR) is 83.4 cm³/mol. The number of carbonyl (C=O) groups is 1. The molecule has 0 radical (unpaired) electrons. The third-order valence-corrected chi connectivity index (χ3v) is 4.47. The summed E-state index contributed by atoms with van der Waals surface area (Å²) in [4.78, 5) is 11.7. The van der Waals surface area contributed by atoms with Crippen LogP contribution in [0.1, 0.15) is 30.1 Å². The van der Waals surface area contributed by atoms with E-state index in [1.54, 1.807) is 11.3 Å². The average Bonchev–Trinajstić information content (AvgIpc) is 3.14. The lowest BCUT2D eigenvalue weighted by Gasteiger charge is -2.14. The summed E-state index contributed by atoms with van der Waals surface area (Å²) in [6.45, 7) is 2.87. The van der Waals surface area contributed by atoms with Crippen LogP contribution in [0.5, 0.6) is 0 Å². The molecule has 2 amide bonds. The van der Waals surface area contributed by atoms with E-state index in [4.69, 9.17) is 0 Å². The number of thiophene rings is 2. The predicted octanol–water partition coefficient (Wildman–Crippen LogP) is 2.95. The molecule has 2 atom stereocenters. The van der Waals surface area contributed by atoms with Crippen LogP contribution in [-0.4, -0.2) is 24.2 Å². The van der Waals surface area contributed by atoms with Gasteiger partial charge in [-0.3, -0.25) is 0 Å². The minimum atomic E-state index is -0.652. The molecule has 0 aliphatic carbocycles. The zero-order valence-corrected chi connectivity index (χ0v) is 12.8. The molecule has 0 saturated carbocycles. The maximum atomic E-state index is 11.7. The summed E-state index contributed by atoms with van der Waals surface area (Å²) in [5.74, 6) is 0.286. The van der Waals surface area contributed by atoms with E-state index in [9.17, 15) is 9.90 Å². The van der Waals surface area contributed by atoms with E-state index in [0.29, 0.717) is 6.54 Å². The third kappa shape index (κ3) is 4.33. The van der Waals surface area contributed by atoms with Crippen molar-refractivity contribution in [3.05, 3.63) is 44.8 Å². The van der Waals surface area contributed by atoms with Crippen LogP contribution in [0.15, 0.2) is 33.7 Å². The second-order valence-corrected chi connectivity index (χ2v) is 6.18. The van der Waals surface area contributed by atoms with Gasteiger partial charge in [0.25, 0.3) is 0 Å². The molecule has 3 N–H and O–H groups in total. The van der Waals surface area contributed by atoms with Gasteiger partial charge in [-0.2, -0.15) is 22.7 Å². The summed E-state index contributed by atoms with van der Waals surface area (Å²) in [6.07, 6.45) is -0.652. The molecule has 20 heavy (non-hydrogen) atoms. The van der Waals surface area contributed by atoms with E-state index in [0.717, 1.165) is 5.56 Å². The first-order valence-corrected chi connectivity index (χ1v) is 8.29. The Morgan fingerprint density at radius 3 is 2.35 bits per heavy atom. The monoisotopic (exact) mass is 310 g/mol. The molecular weight excluding hydrogens is 292 g/mol. The van der Waals surface area contributed by atoms with Gasteiger partial charge in [0.2, 0.25) is 0 Å². The first kappa shape index (κ1) is 15.0. The van der Waals surface area contributed by atoms with Gasteiger partial charge in [0, 0.05) is 13.1 Å². The van der Waals surface area contributed by atoms with Crippen LogP contribution < -0.4 is 10.6 Å². The summed E-state index contributed by atoms with van der Waals surface area (Å²) in [5, 5.41) is 23.2. The zero-order chi connectivity index (χ0) is 14.4. The summed E-state index contributed by atoms with van der Waals surface area (Å²) in [6, 6.07) is 3.67. The maximum absolute atomic E-state index is 11.7. The molecule has 2 rings (SSSR count). The minimum absolute atomic E-state index is 0.218. The van der Waals surface area contributed by atoms with Gasteiger partial charge >= 0.3 is 6.03 Å². The summed E-state index contributed by atoms with van der Waals surface area (Å²) in [5.41, 5.74) is 2.07. The first-order valence-electron chi connectivity index (χ1n) is 6.40. The van der Waals surface area contributed by atoms with E-state index in [2.05, 4.69) is 29.0 Å². The molecule has 2 aromatic heterocycles. The Kier molecular flexibility index (Phi) is 5.58. The van der Waals surface area contributed by atoms with E-state index in [1.807, 2.05) is 22.2 Å². The molecule has 0 saturated heterocycles. The lowest BCUT2D eigenvalue weighted by molar-refractivity contribution is 0.173. The minimum Gasteiger partial charge on any atom is -0.387 e. The number of aliphatic hydroxyl groups excluding tert-OH is 1. The Hall–Kier alpha value is -1.37. The zero-order valence-electron chi connectivity index (χ0n) is 11.2. The van der Waals surface area contributed by atoms with Crippen molar-refractivity contribution >= 4 is 28.7 Å². The number of amides is 2. The lowest BCUT2D eigenvalue weighted by Crippen LogP contribution is -2.39. The SMILES string of the molecule is CC(CNC(=O)NCC(O)c1ccsc1)c1ccsc1.